The molecular weight excluding hydrogens is 158 g/mol. The van der Waals surface area contributed by atoms with Gasteiger partial charge in [-0.15, -0.1) is 0 Å². The molecule has 0 aromatic heterocycles. The van der Waals surface area contributed by atoms with Gasteiger partial charge in [0.15, 0.2) is 0 Å². The highest BCUT2D eigenvalue weighted by Crippen LogP contribution is 2.08. The SMILES string of the molecule is C=C(C)c1ccccc1.C=CC#N. The van der Waals surface area contributed by atoms with Crippen LogP contribution in [-0.2, 0) is 0 Å². The van der Waals surface area contributed by atoms with Crippen molar-refractivity contribution in [1.82, 2.24) is 0 Å². The zero-order valence-electron chi connectivity index (χ0n) is 7.83. The lowest BCUT2D eigenvalue weighted by Crippen LogP contribution is -1.72. The van der Waals surface area contributed by atoms with Gasteiger partial charge < -0.3 is 0 Å². The van der Waals surface area contributed by atoms with E-state index in [2.05, 4.69) is 25.3 Å². The summed E-state index contributed by atoms with van der Waals surface area (Å²) in [5.41, 5.74) is 2.34. The van der Waals surface area contributed by atoms with Gasteiger partial charge in [0.05, 0.1) is 6.07 Å². The summed E-state index contributed by atoms with van der Waals surface area (Å²) in [7, 11) is 0. The summed E-state index contributed by atoms with van der Waals surface area (Å²) in [5, 5.41) is 7.51. The Bertz CT molecular complexity index is 304. The Labute approximate surface area is 79.6 Å². The van der Waals surface area contributed by atoms with Gasteiger partial charge in [0.2, 0.25) is 0 Å². The summed E-state index contributed by atoms with van der Waals surface area (Å²) in [6.07, 6.45) is 1.18. The van der Waals surface area contributed by atoms with Crippen molar-refractivity contribution in [2.24, 2.45) is 0 Å². The van der Waals surface area contributed by atoms with E-state index in [1.54, 1.807) is 6.07 Å². The summed E-state index contributed by atoms with van der Waals surface area (Å²) in [6.45, 7) is 8.95. The van der Waals surface area contributed by atoms with Crippen molar-refractivity contribution in [2.75, 3.05) is 0 Å². The number of rotatable bonds is 1. The van der Waals surface area contributed by atoms with Gasteiger partial charge in [-0.25, -0.2) is 0 Å². The first kappa shape index (κ1) is 11.2. The quantitative estimate of drug-likeness (QED) is 0.594. The van der Waals surface area contributed by atoms with E-state index in [4.69, 9.17) is 5.26 Å². The summed E-state index contributed by atoms with van der Waals surface area (Å²) in [4.78, 5) is 0. The van der Waals surface area contributed by atoms with Crippen LogP contribution in [0.5, 0.6) is 0 Å². The molecule has 0 atom stereocenters. The lowest BCUT2D eigenvalue weighted by Gasteiger charge is -1.94. The van der Waals surface area contributed by atoms with Crippen LogP contribution in [0.4, 0.5) is 0 Å². The molecule has 0 unspecified atom stereocenters. The maximum atomic E-state index is 7.51. The average molecular weight is 171 g/mol. The zero-order chi connectivity index (χ0) is 10.1. The van der Waals surface area contributed by atoms with Crippen molar-refractivity contribution >= 4 is 5.57 Å². The third-order valence-corrected chi connectivity index (χ3v) is 1.36. The Morgan fingerprint density at radius 3 is 2.08 bits per heavy atom. The second-order valence-electron chi connectivity index (χ2n) is 2.48. The van der Waals surface area contributed by atoms with Gasteiger partial charge in [0, 0.05) is 6.08 Å². The number of nitriles is 1. The van der Waals surface area contributed by atoms with Crippen LogP contribution in [0.1, 0.15) is 12.5 Å². The highest BCUT2D eigenvalue weighted by atomic mass is 14.2. The van der Waals surface area contributed by atoms with E-state index in [9.17, 15) is 0 Å². The molecule has 0 saturated carbocycles. The Balaban J connectivity index is 0.000000310. The van der Waals surface area contributed by atoms with Crippen LogP contribution in [0.25, 0.3) is 5.57 Å². The molecule has 66 valence electrons. The van der Waals surface area contributed by atoms with E-state index in [1.807, 2.05) is 25.1 Å². The largest absolute Gasteiger partial charge is 0.193 e. The van der Waals surface area contributed by atoms with Gasteiger partial charge in [0.25, 0.3) is 0 Å². The molecule has 0 fully saturated rings. The fraction of sp³-hybridized carbons (Fsp3) is 0.0833. The summed E-state index contributed by atoms with van der Waals surface area (Å²) < 4.78 is 0. The Morgan fingerprint density at radius 1 is 1.38 bits per heavy atom. The van der Waals surface area contributed by atoms with E-state index in [0.29, 0.717) is 0 Å². The van der Waals surface area contributed by atoms with E-state index >= 15 is 0 Å². The Kier molecular flexibility index (Phi) is 5.92. The standard InChI is InChI=1S/C9H10.C3H3N/c1-8(2)9-6-4-3-5-7-9;1-2-3-4/h3-7H,1H2,2H3;2H,1H2. The minimum atomic E-state index is 1.12. The number of nitrogens with zero attached hydrogens (tertiary/aromatic N) is 1. The summed E-state index contributed by atoms with van der Waals surface area (Å²) in [6, 6.07) is 11.9. The number of allylic oxidation sites excluding steroid dienone is 2. The number of benzene rings is 1. The molecule has 13 heavy (non-hydrogen) atoms. The van der Waals surface area contributed by atoms with Crippen LogP contribution in [0.2, 0.25) is 0 Å². The lowest BCUT2D eigenvalue weighted by molar-refractivity contribution is 1.54. The molecule has 1 nitrogen and oxygen atoms in total. The van der Waals surface area contributed by atoms with Crippen LogP contribution in [0.15, 0.2) is 49.6 Å². The number of hydrogen-bond acceptors (Lipinski definition) is 1. The topological polar surface area (TPSA) is 23.8 Å². The highest BCUT2D eigenvalue weighted by molar-refractivity contribution is 5.60. The predicted molar refractivity (Wildman–Crippen MR) is 57.0 cm³/mol. The second-order valence-corrected chi connectivity index (χ2v) is 2.48. The van der Waals surface area contributed by atoms with E-state index in [1.165, 1.54) is 11.6 Å². The third-order valence-electron chi connectivity index (χ3n) is 1.36. The monoisotopic (exact) mass is 171 g/mol. The molecule has 0 saturated heterocycles. The Morgan fingerprint density at radius 2 is 1.85 bits per heavy atom. The minimum Gasteiger partial charge on any atom is -0.193 e. The van der Waals surface area contributed by atoms with Gasteiger partial charge in [-0.3, -0.25) is 0 Å². The van der Waals surface area contributed by atoms with Gasteiger partial charge in [-0.05, 0) is 12.5 Å². The highest BCUT2D eigenvalue weighted by Gasteiger charge is 1.86. The summed E-state index contributed by atoms with van der Waals surface area (Å²) >= 11 is 0. The molecule has 0 heterocycles. The van der Waals surface area contributed by atoms with E-state index in [0.717, 1.165) is 5.57 Å². The van der Waals surface area contributed by atoms with Crippen molar-refractivity contribution < 1.29 is 0 Å². The molecule has 0 aliphatic rings. The minimum absolute atomic E-state index is 1.12. The average Bonchev–Trinajstić information content (AvgIpc) is 2.19. The molecule has 0 aliphatic heterocycles. The van der Waals surface area contributed by atoms with Crippen LogP contribution in [0, 0.1) is 11.3 Å². The van der Waals surface area contributed by atoms with Crippen molar-refractivity contribution in [2.45, 2.75) is 6.92 Å². The summed E-state index contributed by atoms with van der Waals surface area (Å²) in [5.74, 6) is 0. The molecule has 0 spiro atoms. The van der Waals surface area contributed by atoms with Crippen LogP contribution in [0.3, 0.4) is 0 Å². The maximum Gasteiger partial charge on any atom is 0.0905 e. The molecule has 1 aromatic rings. The lowest BCUT2D eigenvalue weighted by atomic mass is 10.1. The smallest absolute Gasteiger partial charge is 0.0905 e. The molecule has 1 rings (SSSR count). The first-order valence-electron chi connectivity index (χ1n) is 3.93. The van der Waals surface area contributed by atoms with Gasteiger partial charge in [-0.2, -0.15) is 5.26 Å². The molecule has 1 heteroatoms. The molecule has 0 amide bonds. The maximum absolute atomic E-state index is 7.51. The van der Waals surface area contributed by atoms with Crippen LogP contribution < -0.4 is 0 Å². The fourth-order valence-corrected chi connectivity index (χ4v) is 0.723. The van der Waals surface area contributed by atoms with Crippen LogP contribution >= 0.6 is 0 Å². The van der Waals surface area contributed by atoms with Crippen molar-refractivity contribution in [3.63, 3.8) is 0 Å². The molecule has 0 radical (unpaired) electrons. The predicted octanol–water partition coefficient (Wildman–Crippen LogP) is 3.42. The fourth-order valence-electron chi connectivity index (χ4n) is 0.723. The van der Waals surface area contributed by atoms with Crippen molar-refractivity contribution in [3.05, 3.63) is 55.1 Å². The molecular formula is C12H13N. The molecule has 1 aromatic carbocycles. The molecule has 0 bridgehead atoms. The first-order chi connectivity index (χ1) is 6.22. The van der Waals surface area contributed by atoms with Crippen LogP contribution in [-0.4, -0.2) is 0 Å². The van der Waals surface area contributed by atoms with Gasteiger partial charge in [-0.1, -0.05) is 49.1 Å². The van der Waals surface area contributed by atoms with Gasteiger partial charge in [0.1, 0.15) is 0 Å². The molecule has 0 N–H and O–H groups in total. The zero-order valence-corrected chi connectivity index (χ0v) is 7.83. The molecule has 0 aliphatic carbocycles. The normalized spacial score (nSPS) is 7.38. The van der Waals surface area contributed by atoms with E-state index in [-0.39, 0.29) is 0 Å². The third kappa shape index (κ3) is 5.46. The Hall–Kier alpha value is -1.81. The van der Waals surface area contributed by atoms with Gasteiger partial charge >= 0.3 is 0 Å². The first-order valence-corrected chi connectivity index (χ1v) is 3.93. The second kappa shape index (κ2) is 6.87. The van der Waals surface area contributed by atoms with Crippen molar-refractivity contribution in [1.29, 1.82) is 5.26 Å². The van der Waals surface area contributed by atoms with E-state index < -0.39 is 0 Å². The van der Waals surface area contributed by atoms with Crippen molar-refractivity contribution in [3.8, 4) is 6.07 Å². The number of hydrogen-bond donors (Lipinski definition) is 0.